The second-order valence-electron chi connectivity index (χ2n) is 4.00. The van der Waals surface area contributed by atoms with Crippen molar-refractivity contribution in [2.75, 3.05) is 12.8 Å². The summed E-state index contributed by atoms with van der Waals surface area (Å²) in [5, 5.41) is 0. The summed E-state index contributed by atoms with van der Waals surface area (Å²) in [6, 6.07) is 10.6. The second kappa shape index (κ2) is 5.32. The number of alkyl halides is 3. The second-order valence-corrected chi connectivity index (χ2v) is 4.00. The Morgan fingerprint density at radius 1 is 1.00 bits per heavy atom. The van der Waals surface area contributed by atoms with E-state index in [-0.39, 0.29) is 11.3 Å². The van der Waals surface area contributed by atoms with Gasteiger partial charge in [-0.1, -0.05) is 18.2 Å². The van der Waals surface area contributed by atoms with Crippen LogP contribution < -0.4 is 15.2 Å². The largest absolute Gasteiger partial charge is 0.573 e. The molecule has 0 amide bonds. The maximum absolute atomic E-state index is 12.4. The highest BCUT2D eigenvalue weighted by Crippen LogP contribution is 2.38. The standard InChI is InChI=1S/C14H12F3NO2/c1-19-9-6-7-13(20-14(15,16)17)11(8-9)10-4-2-3-5-12(10)18/h2-8H,18H2,1H3. The molecule has 0 atom stereocenters. The first kappa shape index (κ1) is 14.0. The number of nitrogen functional groups attached to an aromatic ring is 1. The molecular weight excluding hydrogens is 271 g/mol. The van der Waals surface area contributed by atoms with Crippen molar-refractivity contribution in [1.82, 2.24) is 0 Å². The van der Waals surface area contributed by atoms with Crippen LogP contribution in [-0.2, 0) is 0 Å². The summed E-state index contributed by atoms with van der Waals surface area (Å²) in [6.45, 7) is 0. The van der Waals surface area contributed by atoms with Gasteiger partial charge < -0.3 is 15.2 Å². The zero-order valence-corrected chi connectivity index (χ0v) is 10.6. The minimum absolute atomic E-state index is 0.222. The van der Waals surface area contributed by atoms with Crippen LogP contribution in [0.2, 0.25) is 0 Å². The molecule has 0 aliphatic rings. The summed E-state index contributed by atoms with van der Waals surface area (Å²) in [7, 11) is 1.43. The van der Waals surface area contributed by atoms with E-state index in [1.807, 2.05) is 0 Å². The van der Waals surface area contributed by atoms with E-state index >= 15 is 0 Å². The van der Waals surface area contributed by atoms with Gasteiger partial charge in [-0.2, -0.15) is 0 Å². The minimum Gasteiger partial charge on any atom is -0.497 e. The van der Waals surface area contributed by atoms with Gasteiger partial charge in [0.25, 0.3) is 0 Å². The first-order valence-electron chi connectivity index (χ1n) is 5.69. The van der Waals surface area contributed by atoms with Gasteiger partial charge in [0.2, 0.25) is 0 Å². The predicted octanol–water partition coefficient (Wildman–Crippen LogP) is 3.84. The highest BCUT2D eigenvalue weighted by Gasteiger charge is 2.32. The van der Waals surface area contributed by atoms with Gasteiger partial charge in [0.05, 0.1) is 7.11 Å². The molecule has 3 nitrogen and oxygen atoms in total. The summed E-state index contributed by atoms with van der Waals surface area (Å²) in [4.78, 5) is 0. The third kappa shape index (κ3) is 3.14. The molecule has 0 heterocycles. The molecule has 0 unspecified atom stereocenters. The van der Waals surface area contributed by atoms with Gasteiger partial charge in [0.15, 0.2) is 0 Å². The van der Waals surface area contributed by atoms with Crippen LogP contribution in [-0.4, -0.2) is 13.5 Å². The molecule has 0 radical (unpaired) electrons. The van der Waals surface area contributed by atoms with Crippen molar-refractivity contribution >= 4 is 5.69 Å². The molecule has 106 valence electrons. The van der Waals surface area contributed by atoms with Crippen LogP contribution in [0.25, 0.3) is 11.1 Å². The van der Waals surface area contributed by atoms with Crippen LogP contribution in [0.3, 0.4) is 0 Å². The Morgan fingerprint density at radius 2 is 1.70 bits per heavy atom. The van der Waals surface area contributed by atoms with Crippen LogP contribution >= 0.6 is 0 Å². The molecule has 6 heteroatoms. The lowest BCUT2D eigenvalue weighted by Gasteiger charge is -2.15. The number of nitrogens with two attached hydrogens (primary N) is 1. The lowest BCUT2D eigenvalue weighted by molar-refractivity contribution is -0.274. The number of halogens is 3. The third-order valence-electron chi connectivity index (χ3n) is 2.66. The van der Waals surface area contributed by atoms with Crippen LogP contribution in [0.15, 0.2) is 42.5 Å². The van der Waals surface area contributed by atoms with Gasteiger partial charge in [-0.3, -0.25) is 0 Å². The van der Waals surface area contributed by atoms with Crippen molar-refractivity contribution in [3.8, 4) is 22.6 Å². The van der Waals surface area contributed by atoms with E-state index in [2.05, 4.69) is 4.74 Å². The van der Waals surface area contributed by atoms with E-state index in [1.54, 1.807) is 24.3 Å². The molecule has 0 bridgehead atoms. The average Bonchev–Trinajstić information content (AvgIpc) is 2.38. The average molecular weight is 283 g/mol. The predicted molar refractivity (Wildman–Crippen MR) is 69.5 cm³/mol. The SMILES string of the molecule is COc1ccc(OC(F)(F)F)c(-c2ccccc2N)c1. The maximum Gasteiger partial charge on any atom is 0.573 e. The van der Waals surface area contributed by atoms with Gasteiger partial charge in [0, 0.05) is 16.8 Å². The van der Waals surface area contributed by atoms with Gasteiger partial charge >= 0.3 is 6.36 Å². The number of anilines is 1. The molecule has 2 rings (SSSR count). The molecule has 0 aliphatic heterocycles. The normalized spacial score (nSPS) is 11.2. The zero-order chi connectivity index (χ0) is 14.8. The van der Waals surface area contributed by atoms with E-state index in [4.69, 9.17) is 10.5 Å². The third-order valence-corrected chi connectivity index (χ3v) is 2.66. The molecule has 0 saturated carbocycles. The quantitative estimate of drug-likeness (QED) is 0.870. The van der Waals surface area contributed by atoms with Gasteiger partial charge in [-0.15, -0.1) is 13.2 Å². The van der Waals surface area contributed by atoms with Crippen LogP contribution in [0.5, 0.6) is 11.5 Å². The number of ether oxygens (including phenoxy) is 2. The number of methoxy groups -OCH3 is 1. The van der Waals surface area contributed by atoms with Crippen molar-refractivity contribution in [3.05, 3.63) is 42.5 Å². The Bertz CT molecular complexity index is 612. The van der Waals surface area contributed by atoms with E-state index in [1.165, 1.54) is 25.3 Å². The van der Waals surface area contributed by atoms with Crippen molar-refractivity contribution in [3.63, 3.8) is 0 Å². The zero-order valence-electron chi connectivity index (χ0n) is 10.6. The fraction of sp³-hybridized carbons (Fsp3) is 0.143. The van der Waals surface area contributed by atoms with Gasteiger partial charge in [0.1, 0.15) is 11.5 Å². The monoisotopic (exact) mass is 283 g/mol. The number of para-hydroxylation sites is 1. The Balaban J connectivity index is 2.56. The highest BCUT2D eigenvalue weighted by atomic mass is 19.4. The van der Waals surface area contributed by atoms with E-state index in [9.17, 15) is 13.2 Å². The maximum atomic E-state index is 12.4. The summed E-state index contributed by atoms with van der Waals surface area (Å²) < 4.78 is 46.4. The summed E-state index contributed by atoms with van der Waals surface area (Å²) in [5.41, 5.74) is 6.83. The lowest BCUT2D eigenvalue weighted by Crippen LogP contribution is -2.17. The van der Waals surface area contributed by atoms with Crippen molar-refractivity contribution in [2.45, 2.75) is 6.36 Å². The van der Waals surface area contributed by atoms with Crippen LogP contribution in [0.1, 0.15) is 0 Å². The molecule has 2 aromatic carbocycles. The van der Waals surface area contributed by atoms with Crippen molar-refractivity contribution in [1.29, 1.82) is 0 Å². The topological polar surface area (TPSA) is 44.5 Å². The summed E-state index contributed by atoms with van der Waals surface area (Å²) >= 11 is 0. The van der Waals surface area contributed by atoms with Crippen LogP contribution in [0.4, 0.5) is 18.9 Å². The number of hydrogen-bond donors (Lipinski definition) is 1. The van der Waals surface area contributed by atoms with Crippen molar-refractivity contribution in [2.24, 2.45) is 0 Å². The lowest BCUT2D eigenvalue weighted by atomic mass is 10.0. The van der Waals surface area contributed by atoms with E-state index < -0.39 is 6.36 Å². The molecule has 0 fully saturated rings. The Morgan fingerprint density at radius 3 is 2.30 bits per heavy atom. The first-order valence-corrected chi connectivity index (χ1v) is 5.69. The number of rotatable bonds is 3. The van der Waals surface area contributed by atoms with E-state index in [0.717, 1.165) is 0 Å². The number of benzene rings is 2. The molecule has 0 spiro atoms. The summed E-state index contributed by atoms with van der Waals surface area (Å²) in [6.07, 6.45) is -4.77. The fourth-order valence-corrected chi connectivity index (χ4v) is 1.80. The Hall–Kier alpha value is -2.37. The fourth-order valence-electron chi connectivity index (χ4n) is 1.80. The van der Waals surface area contributed by atoms with E-state index in [0.29, 0.717) is 17.0 Å². The minimum atomic E-state index is -4.77. The van der Waals surface area contributed by atoms with Gasteiger partial charge in [-0.25, -0.2) is 0 Å². The highest BCUT2D eigenvalue weighted by molar-refractivity contribution is 5.81. The van der Waals surface area contributed by atoms with Crippen molar-refractivity contribution < 1.29 is 22.6 Å². The molecule has 0 aliphatic carbocycles. The van der Waals surface area contributed by atoms with Gasteiger partial charge in [-0.05, 0) is 24.3 Å². The Kier molecular flexibility index (Phi) is 3.74. The number of hydrogen-bond acceptors (Lipinski definition) is 3. The molecule has 2 aromatic rings. The molecule has 0 aromatic heterocycles. The molecule has 2 N–H and O–H groups in total. The molecule has 0 saturated heterocycles. The first-order chi connectivity index (χ1) is 9.40. The Labute approximate surface area is 113 Å². The molecule has 20 heavy (non-hydrogen) atoms. The summed E-state index contributed by atoms with van der Waals surface area (Å²) in [5.74, 6) is 0.0916. The van der Waals surface area contributed by atoms with Crippen LogP contribution in [0, 0.1) is 0 Å². The smallest absolute Gasteiger partial charge is 0.497 e. The molecular formula is C14H12F3NO2.